The average molecular weight is 395 g/mol. The summed E-state index contributed by atoms with van der Waals surface area (Å²) in [4.78, 5) is 13.4. The Balaban J connectivity index is 1.40. The Bertz CT molecular complexity index is 905. The highest BCUT2D eigenvalue weighted by atomic mass is 35.5. The molecule has 0 unspecified atom stereocenters. The van der Waals surface area contributed by atoms with Crippen molar-refractivity contribution >= 4 is 40.3 Å². The molecule has 2 N–H and O–H groups in total. The minimum absolute atomic E-state index is 0.704. The summed E-state index contributed by atoms with van der Waals surface area (Å²) in [5.41, 5.74) is 3.17. The number of hydrogen-bond acceptors (Lipinski definition) is 6. The Morgan fingerprint density at radius 2 is 1.32 bits per heavy atom. The number of anilines is 5. The van der Waals surface area contributed by atoms with Crippen molar-refractivity contribution < 1.29 is 0 Å². The van der Waals surface area contributed by atoms with Gasteiger partial charge in [0.2, 0.25) is 0 Å². The zero-order valence-electron chi connectivity index (χ0n) is 15.8. The average Bonchev–Trinajstić information content (AvgIpc) is 2.71. The molecule has 0 radical (unpaired) electrons. The first kappa shape index (κ1) is 18.5. The predicted octanol–water partition coefficient (Wildman–Crippen LogP) is 4.37. The van der Waals surface area contributed by atoms with Gasteiger partial charge in [-0.3, -0.25) is 0 Å². The maximum atomic E-state index is 5.93. The molecule has 0 atom stereocenters. The van der Waals surface area contributed by atoms with Gasteiger partial charge in [-0.05, 0) is 55.6 Å². The highest BCUT2D eigenvalue weighted by Crippen LogP contribution is 2.23. The summed E-state index contributed by atoms with van der Waals surface area (Å²) >= 11 is 5.93. The number of piperazine rings is 1. The second kappa shape index (κ2) is 8.46. The van der Waals surface area contributed by atoms with Gasteiger partial charge in [0.05, 0.1) is 0 Å². The lowest BCUT2D eigenvalue weighted by Gasteiger charge is -2.34. The van der Waals surface area contributed by atoms with E-state index in [1.165, 1.54) is 5.69 Å². The summed E-state index contributed by atoms with van der Waals surface area (Å²) in [5, 5.41) is 7.29. The summed E-state index contributed by atoms with van der Waals surface area (Å²) < 4.78 is 0. The highest BCUT2D eigenvalue weighted by Gasteiger charge is 2.14. The zero-order chi connectivity index (χ0) is 19.3. The highest BCUT2D eigenvalue weighted by molar-refractivity contribution is 6.30. The third kappa shape index (κ3) is 4.71. The van der Waals surface area contributed by atoms with Crippen LogP contribution in [-0.4, -0.2) is 48.1 Å². The standard InChI is InChI=1S/C21H23ClN6/c1-27-10-12-28(13-11-27)19-8-6-18(7-9-19)26-21-14-20(23-15-24-21)25-17-4-2-16(22)3-5-17/h2-9,14-15H,10-13H2,1H3,(H2,23,24,25,26). The molecule has 0 bridgehead atoms. The van der Waals surface area contributed by atoms with Crippen LogP contribution >= 0.6 is 11.6 Å². The first-order valence-corrected chi connectivity index (χ1v) is 9.69. The Hall–Kier alpha value is -2.83. The lowest BCUT2D eigenvalue weighted by molar-refractivity contribution is 0.313. The van der Waals surface area contributed by atoms with Crippen molar-refractivity contribution in [3.8, 4) is 0 Å². The molecule has 144 valence electrons. The molecule has 1 fully saturated rings. The second-order valence-electron chi connectivity index (χ2n) is 6.88. The van der Waals surface area contributed by atoms with Crippen molar-refractivity contribution in [3.63, 3.8) is 0 Å². The van der Waals surface area contributed by atoms with Crippen molar-refractivity contribution in [2.24, 2.45) is 0 Å². The number of halogens is 1. The van der Waals surface area contributed by atoms with Crippen molar-refractivity contribution in [1.82, 2.24) is 14.9 Å². The number of rotatable bonds is 5. The largest absolute Gasteiger partial charge is 0.369 e. The molecule has 0 amide bonds. The van der Waals surface area contributed by atoms with E-state index in [1.807, 2.05) is 30.3 Å². The quantitative estimate of drug-likeness (QED) is 0.670. The van der Waals surface area contributed by atoms with Crippen molar-refractivity contribution in [1.29, 1.82) is 0 Å². The molecule has 1 aliphatic heterocycles. The van der Waals surface area contributed by atoms with E-state index in [0.717, 1.165) is 43.4 Å². The minimum Gasteiger partial charge on any atom is -0.369 e. The van der Waals surface area contributed by atoms with Crippen LogP contribution in [0.1, 0.15) is 0 Å². The Kier molecular flexibility index (Phi) is 5.60. The number of aromatic nitrogens is 2. The fraction of sp³-hybridized carbons (Fsp3) is 0.238. The van der Waals surface area contributed by atoms with E-state index < -0.39 is 0 Å². The lowest BCUT2D eigenvalue weighted by atomic mass is 10.2. The number of benzene rings is 2. The van der Waals surface area contributed by atoms with Crippen LogP contribution in [0, 0.1) is 0 Å². The number of hydrogen-bond donors (Lipinski definition) is 2. The monoisotopic (exact) mass is 394 g/mol. The number of nitrogens with zero attached hydrogens (tertiary/aromatic N) is 4. The topological polar surface area (TPSA) is 56.3 Å². The number of nitrogens with one attached hydrogen (secondary N) is 2. The van der Waals surface area contributed by atoms with Gasteiger partial charge in [-0.1, -0.05) is 11.6 Å². The summed E-state index contributed by atoms with van der Waals surface area (Å²) in [6, 6.07) is 17.9. The molecule has 1 aliphatic rings. The van der Waals surface area contributed by atoms with Gasteiger partial charge in [0.1, 0.15) is 18.0 Å². The lowest BCUT2D eigenvalue weighted by Crippen LogP contribution is -2.44. The molecule has 4 rings (SSSR count). The molecular weight excluding hydrogens is 372 g/mol. The molecule has 2 aromatic carbocycles. The van der Waals surface area contributed by atoms with Crippen LogP contribution in [0.15, 0.2) is 60.9 Å². The minimum atomic E-state index is 0.704. The first-order valence-electron chi connectivity index (χ1n) is 9.31. The van der Waals surface area contributed by atoms with E-state index >= 15 is 0 Å². The summed E-state index contributed by atoms with van der Waals surface area (Å²) in [6.45, 7) is 4.33. The fourth-order valence-corrected chi connectivity index (χ4v) is 3.27. The smallest absolute Gasteiger partial charge is 0.135 e. The summed E-state index contributed by atoms with van der Waals surface area (Å²) in [5.74, 6) is 1.45. The molecule has 0 saturated carbocycles. The van der Waals surface area contributed by atoms with Crippen LogP contribution in [0.4, 0.5) is 28.7 Å². The van der Waals surface area contributed by atoms with Gasteiger partial charge in [0.15, 0.2) is 0 Å². The van der Waals surface area contributed by atoms with Crippen LogP contribution in [0.3, 0.4) is 0 Å². The van der Waals surface area contributed by atoms with Crippen LogP contribution in [0.2, 0.25) is 5.02 Å². The Morgan fingerprint density at radius 1 is 0.786 bits per heavy atom. The van der Waals surface area contributed by atoms with Gasteiger partial charge >= 0.3 is 0 Å². The van der Waals surface area contributed by atoms with Crippen molar-refractivity contribution in [3.05, 3.63) is 65.9 Å². The van der Waals surface area contributed by atoms with E-state index in [-0.39, 0.29) is 0 Å². The molecule has 1 aromatic heterocycles. The maximum Gasteiger partial charge on any atom is 0.135 e. The van der Waals surface area contributed by atoms with Crippen LogP contribution < -0.4 is 15.5 Å². The van der Waals surface area contributed by atoms with E-state index in [0.29, 0.717) is 10.8 Å². The summed E-state index contributed by atoms with van der Waals surface area (Å²) in [6.07, 6.45) is 1.54. The third-order valence-electron chi connectivity index (χ3n) is 4.79. The predicted molar refractivity (Wildman–Crippen MR) is 116 cm³/mol. The van der Waals surface area contributed by atoms with Crippen LogP contribution in [-0.2, 0) is 0 Å². The molecule has 0 spiro atoms. The molecule has 6 nitrogen and oxygen atoms in total. The van der Waals surface area contributed by atoms with Crippen LogP contribution in [0.5, 0.6) is 0 Å². The van der Waals surface area contributed by atoms with Crippen LogP contribution in [0.25, 0.3) is 0 Å². The molecule has 7 heteroatoms. The normalized spacial score (nSPS) is 14.7. The van der Waals surface area contributed by atoms with Crippen molar-refractivity contribution in [2.45, 2.75) is 0 Å². The van der Waals surface area contributed by atoms with Gasteiger partial charge in [-0.25, -0.2) is 9.97 Å². The fourth-order valence-electron chi connectivity index (χ4n) is 3.14. The van der Waals surface area contributed by atoms with Gasteiger partial charge in [0, 0.05) is 54.3 Å². The van der Waals surface area contributed by atoms with Gasteiger partial charge < -0.3 is 20.4 Å². The SMILES string of the molecule is CN1CCN(c2ccc(Nc3cc(Nc4ccc(Cl)cc4)ncn3)cc2)CC1. The molecule has 3 aromatic rings. The van der Waals surface area contributed by atoms with Gasteiger partial charge in [0.25, 0.3) is 0 Å². The molecular formula is C21H23ClN6. The molecule has 1 saturated heterocycles. The molecule has 0 aliphatic carbocycles. The van der Waals surface area contributed by atoms with Crippen molar-refractivity contribution in [2.75, 3.05) is 48.8 Å². The second-order valence-corrected chi connectivity index (χ2v) is 7.32. The third-order valence-corrected chi connectivity index (χ3v) is 5.04. The van der Waals surface area contributed by atoms with Gasteiger partial charge in [-0.15, -0.1) is 0 Å². The molecule has 28 heavy (non-hydrogen) atoms. The van der Waals surface area contributed by atoms with E-state index in [9.17, 15) is 0 Å². The number of likely N-dealkylation sites (N-methyl/N-ethyl adjacent to an activating group) is 1. The molecule has 2 heterocycles. The zero-order valence-corrected chi connectivity index (χ0v) is 16.5. The van der Waals surface area contributed by atoms with Gasteiger partial charge in [-0.2, -0.15) is 0 Å². The maximum absolute atomic E-state index is 5.93. The van der Waals surface area contributed by atoms with E-state index in [1.54, 1.807) is 6.33 Å². The first-order chi connectivity index (χ1) is 13.7. The van der Waals surface area contributed by atoms with E-state index in [4.69, 9.17) is 11.6 Å². The summed E-state index contributed by atoms with van der Waals surface area (Å²) in [7, 11) is 2.17. The Morgan fingerprint density at radius 3 is 1.89 bits per heavy atom. The Labute approximate surface area is 170 Å². The van der Waals surface area contributed by atoms with E-state index in [2.05, 4.69) is 61.7 Å².